The van der Waals surface area contributed by atoms with Crippen molar-refractivity contribution in [1.82, 2.24) is 10.6 Å². The summed E-state index contributed by atoms with van der Waals surface area (Å²) in [5.41, 5.74) is 1.97. The maximum absolute atomic E-state index is 11.8. The Bertz CT molecular complexity index is 498. The zero-order chi connectivity index (χ0) is 16.8. The zero-order valence-electron chi connectivity index (χ0n) is 14.1. The summed E-state index contributed by atoms with van der Waals surface area (Å²) in [6.07, 6.45) is 0.489. The minimum absolute atomic E-state index is 0.0590. The van der Waals surface area contributed by atoms with Crippen molar-refractivity contribution in [2.75, 3.05) is 6.54 Å². The van der Waals surface area contributed by atoms with Gasteiger partial charge in [0.15, 0.2) is 0 Å². The summed E-state index contributed by atoms with van der Waals surface area (Å²) in [5.74, 6) is 0. The smallest absolute Gasteiger partial charge is 0.407 e. The monoisotopic (exact) mass is 370 g/mol. The van der Waals surface area contributed by atoms with E-state index < -0.39 is 5.60 Å². The summed E-state index contributed by atoms with van der Waals surface area (Å²) in [6, 6.07) is 6.38. The molecule has 5 heteroatoms. The Labute approximate surface area is 142 Å². The maximum Gasteiger partial charge on any atom is 0.407 e. The molecule has 0 fully saturated rings. The minimum atomic E-state index is -0.468. The van der Waals surface area contributed by atoms with Crippen LogP contribution in [0.15, 0.2) is 22.7 Å². The molecule has 1 unspecified atom stereocenters. The minimum Gasteiger partial charge on any atom is -0.444 e. The lowest BCUT2D eigenvalue weighted by molar-refractivity contribution is 0.0502. The number of aryl methyl sites for hydroxylation is 1. The van der Waals surface area contributed by atoms with E-state index in [0.29, 0.717) is 6.54 Å². The van der Waals surface area contributed by atoms with E-state index in [1.165, 1.54) is 11.1 Å². The number of alkyl carbamates (subject to hydrolysis) is 1. The highest BCUT2D eigenvalue weighted by molar-refractivity contribution is 9.10. The summed E-state index contributed by atoms with van der Waals surface area (Å²) >= 11 is 3.54. The second kappa shape index (κ2) is 8.53. The van der Waals surface area contributed by atoms with Crippen LogP contribution in [0.4, 0.5) is 4.79 Å². The van der Waals surface area contributed by atoms with Crippen LogP contribution >= 0.6 is 15.9 Å². The fraction of sp³-hybridized carbons (Fsp3) is 0.588. The maximum atomic E-state index is 11.8. The van der Waals surface area contributed by atoms with Crippen LogP contribution < -0.4 is 10.6 Å². The van der Waals surface area contributed by atoms with E-state index in [1.54, 1.807) is 0 Å². The SMILES string of the molecule is CCC(CNCc1ccc(C)c(Br)c1)NC(=O)OC(C)(C)C. The first kappa shape index (κ1) is 19.0. The standard InChI is InChI=1S/C17H27BrN2O2/c1-6-14(20-16(21)22-17(3,4)5)11-19-10-13-8-7-12(2)15(18)9-13/h7-9,14,19H,6,10-11H2,1-5H3,(H,20,21). The first-order valence-electron chi connectivity index (χ1n) is 7.66. The molecule has 22 heavy (non-hydrogen) atoms. The van der Waals surface area contributed by atoms with Crippen molar-refractivity contribution in [1.29, 1.82) is 0 Å². The topological polar surface area (TPSA) is 50.4 Å². The van der Waals surface area contributed by atoms with Crippen molar-refractivity contribution >= 4 is 22.0 Å². The van der Waals surface area contributed by atoms with Gasteiger partial charge in [-0.1, -0.05) is 35.0 Å². The fourth-order valence-corrected chi connectivity index (χ4v) is 2.33. The summed E-state index contributed by atoms with van der Waals surface area (Å²) in [4.78, 5) is 11.8. The highest BCUT2D eigenvalue weighted by Gasteiger charge is 2.18. The molecule has 0 saturated heterocycles. The predicted molar refractivity (Wildman–Crippen MR) is 94.0 cm³/mol. The normalized spacial score (nSPS) is 12.8. The Kier molecular flexibility index (Phi) is 7.36. The summed E-state index contributed by atoms with van der Waals surface area (Å²) < 4.78 is 6.40. The van der Waals surface area contributed by atoms with E-state index in [0.717, 1.165) is 17.4 Å². The van der Waals surface area contributed by atoms with E-state index in [-0.39, 0.29) is 12.1 Å². The lowest BCUT2D eigenvalue weighted by Crippen LogP contribution is -2.43. The molecule has 0 aliphatic rings. The third kappa shape index (κ3) is 7.27. The summed E-state index contributed by atoms with van der Waals surface area (Å²) in [7, 11) is 0. The lowest BCUT2D eigenvalue weighted by atomic mass is 10.1. The number of carbonyl (C=O) groups is 1. The van der Waals surface area contributed by atoms with Crippen LogP contribution in [0.1, 0.15) is 45.2 Å². The molecule has 0 aromatic heterocycles. The second-order valence-electron chi connectivity index (χ2n) is 6.47. The Morgan fingerprint density at radius 3 is 2.59 bits per heavy atom. The van der Waals surface area contributed by atoms with Gasteiger partial charge in [0.05, 0.1) is 0 Å². The molecular formula is C17H27BrN2O2. The number of halogens is 1. The summed E-state index contributed by atoms with van der Waals surface area (Å²) in [5, 5.41) is 6.27. The average molecular weight is 371 g/mol. The van der Waals surface area contributed by atoms with Crippen molar-refractivity contribution < 1.29 is 9.53 Å². The van der Waals surface area contributed by atoms with Crippen molar-refractivity contribution in [3.63, 3.8) is 0 Å². The highest BCUT2D eigenvalue weighted by atomic mass is 79.9. The molecule has 2 N–H and O–H groups in total. The van der Waals surface area contributed by atoms with Crippen LogP contribution in [0.5, 0.6) is 0 Å². The first-order valence-corrected chi connectivity index (χ1v) is 8.46. The van der Waals surface area contributed by atoms with Crippen LogP contribution in [-0.4, -0.2) is 24.3 Å². The molecule has 4 nitrogen and oxygen atoms in total. The van der Waals surface area contributed by atoms with E-state index in [9.17, 15) is 4.79 Å². The number of nitrogens with one attached hydrogen (secondary N) is 2. The molecule has 0 radical (unpaired) electrons. The van der Waals surface area contributed by atoms with Gasteiger partial charge in [-0.05, 0) is 51.3 Å². The van der Waals surface area contributed by atoms with Crippen molar-refractivity contribution in [3.8, 4) is 0 Å². The number of amides is 1. The molecule has 124 valence electrons. The van der Waals surface area contributed by atoms with Gasteiger partial charge in [-0.15, -0.1) is 0 Å². The number of benzene rings is 1. The van der Waals surface area contributed by atoms with Crippen molar-refractivity contribution in [3.05, 3.63) is 33.8 Å². The van der Waals surface area contributed by atoms with E-state index in [1.807, 2.05) is 27.7 Å². The van der Waals surface area contributed by atoms with Gasteiger partial charge in [0.2, 0.25) is 0 Å². The molecule has 0 saturated carbocycles. The molecule has 1 rings (SSSR count). The molecule has 0 bridgehead atoms. The largest absolute Gasteiger partial charge is 0.444 e. The van der Waals surface area contributed by atoms with Crippen LogP contribution in [-0.2, 0) is 11.3 Å². The third-order valence-corrected chi connectivity index (χ3v) is 4.02. The number of ether oxygens (including phenoxy) is 1. The van der Waals surface area contributed by atoms with Gasteiger partial charge in [-0.25, -0.2) is 4.79 Å². The van der Waals surface area contributed by atoms with Crippen molar-refractivity contribution in [2.24, 2.45) is 0 Å². The number of rotatable bonds is 6. The lowest BCUT2D eigenvalue weighted by Gasteiger charge is -2.23. The van der Waals surface area contributed by atoms with Gasteiger partial charge in [-0.3, -0.25) is 0 Å². The fourth-order valence-electron chi connectivity index (χ4n) is 1.91. The highest BCUT2D eigenvalue weighted by Crippen LogP contribution is 2.17. The van der Waals surface area contributed by atoms with E-state index in [2.05, 4.69) is 51.7 Å². The average Bonchev–Trinajstić information content (AvgIpc) is 2.39. The Morgan fingerprint density at radius 2 is 2.05 bits per heavy atom. The summed E-state index contributed by atoms with van der Waals surface area (Å²) in [6.45, 7) is 11.2. The number of hydrogen-bond acceptors (Lipinski definition) is 3. The van der Waals surface area contributed by atoms with E-state index in [4.69, 9.17) is 4.74 Å². The molecule has 1 atom stereocenters. The number of carbonyl (C=O) groups excluding carboxylic acids is 1. The predicted octanol–water partition coefficient (Wildman–Crippen LogP) is 4.15. The molecule has 0 aliphatic heterocycles. The van der Waals surface area contributed by atoms with Crippen LogP contribution in [0.25, 0.3) is 0 Å². The Hall–Kier alpha value is -1.07. The molecular weight excluding hydrogens is 344 g/mol. The van der Waals surface area contributed by atoms with Gasteiger partial charge in [0.1, 0.15) is 5.60 Å². The second-order valence-corrected chi connectivity index (χ2v) is 7.32. The van der Waals surface area contributed by atoms with Crippen molar-refractivity contribution in [2.45, 2.75) is 59.2 Å². The van der Waals surface area contributed by atoms with Crippen LogP contribution in [0.2, 0.25) is 0 Å². The Balaban J connectivity index is 2.40. The van der Waals surface area contributed by atoms with Crippen LogP contribution in [0.3, 0.4) is 0 Å². The van der Waals surface area contributed by atoms with Gasteiger partial charge < -0.3 is 15.4 Å². The van der Waals surface area contributed by atoms with Gasteiger partial charge >= 0.3 is 6.09 Å². The molecule has 0 heterocycles. The molecule has 1 aromatic carbocycles. The van der Waals surface area contributed by atoms with E-state index >= 15 is 0 Å². The molecule has 0 aliphatic carbocycles. The number of hydrogen-bond donors (Lipinski definition) is 2. The van der Waals surface area contributed by atoms with Crippen LogP contribution in [0, 0.1) is 6.92 Å². The van der Waals surface area contributed by atoms with Gasteiger partial charge in [0, 0.05) is 23.6 Å². The third-order valence-electron chi connectivity index (χ3n) is 3.17. The Morgan fingerprint density at radius 1 is 1.36 bits per heavy atom. The first-order chi connectivity index (χ1) is 10.2. The van der Waals surface area contributed by atoms with Gasteiger partial charge in [-0.2, -0.15) is 0 Å². The quantitative estimate of drug-likeness (QED) is 0.790. The molecule has 1 amide bonds. The molecule has 1 aromatic rings. The van der Waals surface area contributed by atoms with Gasteiger partial charge in [0.25, 0.3) is 0 Å². The molecule has 0 spiro atoms. The zero-order valence-corrected chi connectivity index (χ0v) is 15.7.